The monoisotopic (exact) mass is 491 g/mol. The van der Waals surface area contributed by atoms with Crippen molar-refractivity contribution in [1.82, 2.24) is 0 Å². The van der Waals surface area contributed by atoms with Gasteiger partial charge in [-0.25, -0.2) is 0 Å². The van der Waals surface area contributed by atoms with Gasteiger partial charge < -0.3 is 20.5 Å². The van der Waals surface area contributed by atoms with E-state index < -0.39 is 5.92 Å². The zero-order valence-electron chi connectivity index (χ0n) is 19.8. The molecule has 35 heavy (non-hydrogen) atoms. The molecule has 1 atom stereocenters. The van der Waals surface area contributed by atoms with E-state index in [9.17, 15) is 14.9 Å². The molecule has 2 aromatic carbocycles. The van der Waals surface area contributed by atoms with Crippen LogP contribution < -0.4 is 15.8 Å². The summed E-state index contributed by atoms with van der Waals surface area (Å²) in [6, 6.07) is 14.3. The molecule has 1 amide bonds. The van der Waals surface area contributed by atoms with E-state index in [4.69, 9.17) is 26.8 Å². The van der Waals surface area contributed by atoms with Gasteiger partial charge in [0.1, 0.15) is 23.2 Å². The summed E-state index contributed by atoms with van der Waals surface area (Å²) in [4.78, 5) is 25.6. The van der Waals surface area contributed by atoms with E-state index in [1.54, 1.807) is 36.4 Å². The van der Waals surface area contributed by atoms with Crippen molar-refractivity contribution in [3.8, 4) is 11.8 Å². The van der Waals surface area contributed by atoms with Gasteiger partial charge >= 0.3 is 0 Å². The smallest absolute Gasteiger partial charge is 0.262 e. The predicted octanol–water partition coefficient (Wildman–Crippen LogP) is 5.12. The standard InChI is InChI=1S/C27H26ClN3O4/c1-15-7-8-17(28)10-20(15)31-23(33)14-34-18-6-4-5-16(9-18)24-19(13-29)26(30)35-22-12-27(2,3)11-21(32)25(22)24/h4-10,24H,11-12,14,30H2,1-3H3,(H,31,33). The summed E-state index contributed by atoms with van der Waals surface area (Å²) in [6.45, 7) is 5.63. The number of halogens is 1. The number of nitriles is 1. The molecule has 0 saturated heterocycles. The van der Waals surface area contributed by atoms with Gasteiger partial charge in [-0.05, 0) is 47.7 Å². The highest BCUT2D eigenvalue weighted by Crippen LogP contribution is 2.48. The van der Waals surface area contributed by atoms with Crippen molar-refractivity contribution in [2.24, 2.45) is 11.1 Å². The SMILES string of the molecule is Cc1ccc(Cl)cc1NC(=O)COc1cccc(C2C(C#N)=C(N)OC3=C2C(=O)CC(C)(C)C3)c1. The Morgan fingerprint density at radius 1 is 1.29 bits per heavy atom. The summed E-state index contributed by atoms with van der Waals surface area (Å²) in [5.41, 5.74) is 8.62. The molecule has 2 aromatic rings. The molecular weight excluding hydrogens is 466 g/mol. The second-order valence-corrected chi connectivity index (χ2v) is 10.0. The van der Waals surface area contributed by atoms with Crippen LogP contribution in [0.3, 0.4) is 0 Å². The van der Waals surface area contributed by atoms with Crippen molar-refractivity contribution in [3.05, 3.63) is 81.4 Å². The summed E-state index contributed by atoms with van der Waals surface area (Å²) in [6.07, 6.45) is 0.896. The third-order valence-corrected chi connectivity index (χ3v) is 6.35. The zero-order valence-corrected chi connectivity index (χ0v) is 20.5. The normalized spacial score (nSPS) is 18.9. The number of carbonyl (C=O) groups excluding carboxylic acids is 2. The van der Waals surface area contributed by atoms with E-state index in [0.29, 0.717) is 46.2 Å². The average Bonchev–Trinajstić information content (AvgIpc) is 2.78. The molecule has 8 heteroatoms. The minimum Gasteiger partial charge on any atom is -0.484 e. The number of ether oxygens (including phenoxy) is 2. The number of amides is 1. The van der Waals surface area contributed by atoms with E-state index in [1.807, 2.05) is 26.8 Å². The molecule has 1 aliphatic heterocycles. The Morgan fingerprint density at radius 3 is 2.80 bits per heavy atom. The van der Waals surface area contributed by atoms with Crippen LogP contribution in [0.15, 0.2) is 65.3 Å². The lowest BCUT2D eigenvalue weighted by Gasteiger charge is -2.37. The van der Waals surface area contributed by atoms with E-state index in [0.717, 1.165) is 5.56 Å². The maximum Gasteiger partial charge on any atom is 0.262 e. The number of anilines is 1. The van der Waals surface area contributed by atoms with Gasteiger partial charge in [0.15, 0.2) is 12.4 Å². The molecule has 180 valence electrons. The van der Waals surface area contributed by atoms with E-state index in [1.165, 1.54) is 0 Å². The first-order valence-electron chi connectivity index (χ1n) is 11.2. The molecule has 1 aliphatic carbocycles. The molecule has 0 radical (unpaired) electrons. The van der Waals surface area contributed by atoms with Crippen LogP contribution in [0.5, 0.6) is 5.75 Å². The van der Waals surface area contributed by atoms with Gasteiger partial charge in [0.05, 0.1) is 5.92 Å². The number of Topliss-reactive ketones (excluding diaryl/α,β-unsaturated/α-hetero) is 1. The number of nitrogens with one attached hydrogen (secondary N) is 1. The maximum atomic E-state index is 13.1. The second-order valence-electron chi connectivity index (χ2n) is 9.57. The number of nitrogens with zero attached hydrogens (tertiary/aromatic N) is 1. The molecule has 0 aromatic heterocycles. The van der Waals surface area contributed by atoms with E-state index in [2.05, 4.69) is 11.4 Å². The van der Waals surface area contributed by atoms with Gasteiger partial charge in [-0.15, -0.1) is 0 Å². The Kier molecular flexibility index (Phi) is 6.60. The van der Waals surface area contributed by atoms with Crippen LogP contribution in [-0.2, 0) is 14.3 Å². The molecule has 7 nitrogen and oxygen atoms in total. The molecule has 0 bridgehead atoms. The Hall–Kier alpha value is -3.76. The molecular formula is C27H26ClN3O4. The van der Waals surface area contributed by atoms with Gasteiger partial charge in [0.2, 0.25) is 5.88 Å². The van der Waals surface area contributed by atoms with Crippen LogP contribution in [0.25, 0.3) is 0 Å². The molecule has 3 N–H and O–H groups in total. The Bertz CT molecular complexity index is 1320. The number of hydrogen-bond acceptors (Lipinski definition) is 6. The minimum atomic E-state index is -0.654. The number of aryl methyl sites for hydroxylation is 1. The number of carbonyl (C=O) groups is 2. The van der Waals surface area contributed by atoms with Crippen LogP contribution >= 0.6 is 11.6 Å². The highest BCUT2D eigenvalue weighted by Gasteiger charge is 2.43. The topological polar surface area (TPSA) is 114 Å². The molecule has 2 aliphatic rings. The highest BCUT2D eigenvalue weighted by atomic mass is 35.5. The number of hydrogen-bond donors (Lipinski definition) is 2. The number of rotatable bonds is 5. The lowest BCUT2D eigenvalue weighted by Crippen LogP contribution is -2.33. The lowest BCUT2D eigenvalue weighted by molar-refractivity contribution is -0.119. The average molecular weight is 492 g/mol. The number of nitrogens with two attached hydrogens (primary N) is 1. The van der Waals surface area contributed by atoms with Crippen LogP contribution in [0.2, 0.25) is 5.02 Å². The molecule has 0 fully saturated rings. The third-order valence-electron chi connectivity index (χ3n) is 6.11. The lowest BCUT2D eigenvalue weighted by atomic mass is 9.70. The molecule has 4 rings (SSSR count). The van der Waals surface area contributed by atoms with Crippen LogP contribution in [0.1, 0.15) is 43.7 Å². The summed E-state index contributed by atoms with van der Waals surface area (Å²) in [5.74, 6) is -0.125. The fourth-order valence-electron chi connectivity index (χ4n) is 4.47. The maximum absolute atomic E-state index is 13.1. The molecule has 0 spiro atoms. The van der Waals surface area contributed by atoms with Gasteiger partial charge in [0, 0.05) is 29.1 Å². The largest absolute Gasteiger partial charge is 0.484 e. The van der Waals surface area contributed by atoms with Gasteiger partial charge in [-0.1, -0.05) is 43.6 Å². The summed E-state index contributed by atoms with van der Waals surface area (Å²) in [7, 11) is 0. The number of benzene rings is 2. The highest BCUT2D eigenvalue weighted by molar-refractivity contribution is 6.31. The molecule has 1 unspecified atom stereocenters. The van der Waals surface area contributed by atoms with Crippen molar-refractivity contribution in [1.29, 1.82) is 5.26 Å². The van der Waals surface area contributed by atoms with Crippen molar-refractivity contribution >= 4 is 29.0 Å². The first-order valence-corrected chi connectivity index (χ1v) is 11.6. The van der Waals surface area contributed by atoms with Crippen molar-refractivity contribution < 1.29 is 19.1 Å². The Labute approximate surface area is 209 Å². The predicted molar refractivity (Wildman–Crippen MR) is 132 cm³/mol. The quantitative estimate of drug-likeness (QED) is 0.600. The summed E-state index contributed by atoms with van der Waals surface area (Å²) >= 11 is 6.02. The van der Waals surface area contributed by atoms with Gasteiger partial charge in [-0.2, -0.15) is 5.26 Å². The zero-order chi connectivity index (χ0) is 25.3. The number of ketones is 1. The summed E-state index contributed by atoms with van der Waals surface area (Å²) < 4.78 is 11.5. The molecule has 0 saturated carbocycles. The van der Waals surface area contributed by atoms with Crippen molar-refractivity contribution in [2.45, 2.75) is 39.5 Å². The third kappa shape index (κ3) is 5.18. The molecule has 1 heterocycles. The second kappa shape index (κ2) is 9.47. The summed E-state index contributed by atoms with van der Waals surface area (Å²) in [5, 5.41) is 13.1. The van der Waals surface area contributed by atoms with E-state index >= 15 is 0 Å². The Balaban J connectivity index is 1.57. The first-order chi connectivity index (χ1) is 16.6. The van der Waals surface area contributed by atoms with Crippen LogP contribution in [-0.4, -0.2) is 18.3 Å². The number of allylic oxidation sites excluding steroid dienone is 3. The minimum absolute atomic E-state index is 0.00402. The van der Waals surface area contributed by atoms with Crippen molar-refractivity contribution in [3.63, 3.8) is 0 Å². The van der Waals surface area contributed by atoms with Crippen molar-refractivity contribution in [2.75, 3.05) is 11.9 Å². The van der Waals surface area contributed by atoms with E-state index in [-0.39, 0.29) is 35.2 Å². The fourth-order valence-corrected chi connectivity index (χ4v) is 4.64. The fraction of sp³-hybridized carbons (Fsp3) is 0.296. The first kappa shape index (κ1) is 24.4. The van der Waals surface area contributed by atoms with Crippen LogP contribution in [0.4, 0.5) is 5.69 Å². The van der Waals surface area contributed by atoms with Gasteiger partial charge in [-0.3, -0.25) is 9.59 Å². The van der Waals surface area contributed by atoms with Gasteiger partial charge in [0.25, 0.3) is 5.91 Å². The van der Waals surface area contributed by atoms with Crippen LogP contribution in [0, 0.1) is 23.7 Å². The Morgan fingerprint density at radius 2 is 2.06 bits per heavy atom.